The number of anilines is 1. The Morgan fingerprint density at radius 1 is 1.36 bits per heavy atom. The van der Waals surface area contributed by atoms with Crippen LogP contribution in [0.2, 0.25) is 0 Å². The Balaban J connectivity index is 3.13. The van der Waals surface area contributed by atoms with Gasteiger partial charge in [0, 0.05) is 10.0 Å². The van der Waals surface area contributed by atoms with Crippen LogP contribution in [0, 0.1) is 6.92 Å². The van der Waals surface area contributed by atoms with E-state index >= 15 is 0 Å². The molecule has 0 heterocycles. The summed E-state index contributed by atoms with van der Waals surface area (Å²) in [5, 5.41) is 0. The lowest BCUT2D eigenvalue weighted by Gasteiger charge is -2.14. The number of ether oxygens (including phenoxy) is 1. The summed E-state index contributed by atoms with van der Waals surface area (Å²) in [6.07, 6.45) is -4.72. The highest BCUT2D eigenvalue weighted by molar-refractivity contribution is 9.10. The van der Waals surface area contributed by atoms with Crippen molar-refractivity contribution < 1.29 is 17.9 Å². The summed E-state index contributed by atoms with van der Waals surface area (Å²) in [4.78, 5) is 0. The minimum Gasteiger partial charge on any atom is -0.403 e. The second-order valence-electron chi connectivity index (χ2n) is 2.64. The predicted molar refractivity (Wildman–Crippen MR) is 50.0 cm³/mol. The molecule has 0 fully saturated rings. The molecule has 0 atom stereocenters. The van der Waals surface area contributed by atoms with Gasteiger partial charge in [-0.05, 0) is 19.1 Å². The molecule has 1 rings (SSSR count). The third-order valence-corrected chi connectivity index (χ3v) is 2.45. The molecule has 0 aliphatic carbocycles. The number of halogens is 4. The minimum absolute atomic E-state index is 0.0389. The smallest absolute Gasteiger partial charge is 0.403 e. The third kappa shape index (κ3) is 2.54. The maximum Gasteiger partial charge on any atom is 0.573 e. The highest BCUT2D eigenvalue weighted by atomic mass is 79.9. The van der Waals surface area contributed by atoms with Gasteiger partial charge in [0.15, 0.2) is 5.75 Å². The quantitative estimate of drug-likeness (QED) is 0.795. The average molecular weight is 270 g/mol. The van der Waals surface area contributed by atoms with Gasteiger partial charge in [-0.3, -0.25) is 0 Å². The van der Waals surface area contributed by atoms with Crippen LogP contribution >= 0.6 is 15.9 Å². The Labute approximate surface area is 87.0 Å². The molecule has 0 bridgehead atoms. The Kier molecular flexibility index (Phi) is 2.94. The van der Waals surface area contributed by atoms with E-state index in [1.807, 2.05) is 0 Å². The van der Waals surface area contributed by atoms with E-state index in [-0.39, 0.29) is 11.4 Å². The molecule has 6 heteroatoms. The molecule has 2 nitrogen and oxygen atoms in total. The van der Waals surface area contributed by atoms with Gasteiger partial charge in [-0.2, -0.15) is 0 Å². The summed E-state index contributed by atoms with van der Waals surface area (Å²) in [6, 6.07) is 2.91. The van der Waals surface area contributed by atoms with Crippen LogP contribution in [-0.4, -0.2) is 6.36 Å². The van der Waals surface area contributed by atoms with E-state index in [2.05, 4.69) is 20.7 Å². The van der Waals surface area contributed by atoms with Crippen molar-refractivity contribution >= 4 is 21.6 Å². The standard InChI is InChI=1S/C8H7BrF3NO/c1-4-5(9)2-3-6(13)7(4)14-8(10,11)12/h2-3H,13H2,1H3. The van der Waals surface area contributed by atoms with Crippen molar-refractivity contribution in [2.24, 2.45) is 0 Å². The van der Waals surface area contributed by atoms with Gasteiger partial charge in [0.05, 0.1) is 5.69 Å². The van der Waals surface area contributed by atoms with Crippen molar-refractivity contribution in [2.75, 3.05) is 5.73 Å². The van der Waals surface area contributed by atoms with Crippen LogP contribution in [-0.2, 0) is 0 Å². The SMILES string of the molecule is Cc1c(Br)ccc(N)c1OC(F)(F)F. The van der Waals surface area contributed by atoms with Gasteiger partial charge in [-0.1, -0.05) is 15.9 Å². The van der Waals surface area contributed by atoms with Crippen LogP contribution in [0.3, 0.4) is 0 Å². The number of benzene rings is 1. The molecular weight excluding hydrogens is 263 g/mol. The van der Waals surface area contributed by atoms with Gasteiger partial charge in [0.2, 0.25) is 0 Å². The first-order chi connectivity index (χ1) is 6.31. The summed E-state index contributed by atoms with van der Waals surface area (Å²) in [6.45, 7) is 1.49. The summed E-state index contributed by atoms with van der Waals surface area (Å²) in [5.74, 6) is -0.355. The molecule has 0 aromatic heterocycles. The molecule has 14 heavy (non-hydrogen) atoms. The van der Waals surface area contributed by atoms with E-state index in [0.29, 0.717) is 10.0 Å². The Hall–Kier alpha value is -0.910. The second kappa shape index (κ2) is 3.68. The fourth-order valence-electron chi connectivity index (χ4n) is 0.940. The van der Waals surface area contributed by atoms with Crippen LogP contribution in [0.15, 0.2) is 16.6 Å². The molecule has 0 saturated carbocycles. The number of rotatable bonds is 1. The number of nitrogens with two attached hydrogens (primary N) is 1. The molecule has 0 saturated heterocycles. The molecular formula is C8H7BrF3NO. The molecule has 1 aromatic rings. The maximum absolute atomic E-state index is 11.9. The highest BCUT2D eigenvalue weighted by Crippen LogP contribution is 2.35. The largest absolute Gasteiger partial charge is 0.573 e. The molecule has 0 unspecified atom stereocenters. The maximum atomic E-state index is 11.9. The van der Waals surface area contributed by atoms with Crippen LogP contribution in [0.25, 0.3) is 0 Å². The zero-order chi connectivity index (χ0) is 10.9. The minimum atomic E-state index is -4.72. The molecule has 1 aromatic carbocycles. The number of hydrogen-bond acceptors (Lipinski definition) is 2. The van der Waals surface area contributed by atoms with Crippen LogP contribution in [0.4, 0.5) is 18.9 Å². The lowest BCUT2D eigenvalue weighted by Crippen LogP contribution is -2.18. The molecule has 0 aliphatic heterocycles. The van der Waals surface area contributed by atoms with Gasteiger partial charge in [-0.25, -0.2) is 0 Å². The van der Waals surface area contributed by atoms with E-state index < -0.39 is 6.36 Å². The fraction of sp³-hybridized carbons (Fsp3) is 0.250. The fourth-order valence-corrected chi connectivity index (χ4v) is 1.25. The summed E-state index contributed by atoms with van der Waals surface area (Å²) in [7, 11) is 0. The van der Waals surface area contributed by atoms with Gasteiger partial charge >= 0.3 is 6.36 Å². The van der Waals surface area contributed by atoms with Crippen LogP contribution in [0.5, 0.6) is 5.75 Å². The Bertz CT molecular complexity index is 351. The number of alkyl halides is 3. The van der Waals surface area contributed by atoms with E-state index in [9.17, 15) is 13.2 Å². The van der Waals surface area contributed by atoms with Crippen LogP contribution < -0.4 is 10.5 Å². The zero-order valence-corrected chi connectivity index (χ0v) is 8.74. The average Bonchev–Trinajstić information content (AvgIpc) is 2.04. The van der Waals surface area contributed by atoms with Crippen molar-refractivity contribution in [3.8, 4) is 5.75 Å². The van der Waals surface area contributed by atoms with Crippen molar-refractivity contribution in [3.63, 3.8) is 0 Å². The number of hydrogen-bond donors (Lipinski definition) is 1. The zero-order valence-electron chi connectivity index (χ0n) is 7.15. The van der Waals surface area contributed by atoms with Crippen molar-refractivity contribution in [3.05, 3.63) is 22.2 Å². The number of nitrogen functional groups attached to an aromatic ring is 1. The summed E-state index contributed by atoms with van der Waals surface area (Å²) < 4.78 is 40.1. The lowest BCUT2D eigenvalue weighted by molar-refractivity contribution is -0.274. The molecule has 0 amide bonds. The highest BCUT2D eigenvalue weighted by Gasteiger charge is 2.32. The van der Waals surface area contributed by atoms with E-state index in [0.717, 1.165) is 0 Å². The predicted octanol–water partition coefficient (Wildman–Crippen LogP) is 3.24. The summed E-state index contributed by atoms with van der Waals surface area (Å²) >= 11 is 3.08. The van der Waals surface area contributed by atoms with Crippen molar-refractivity contribution in [1.29, 1.82) is 0 Å². The van der Waals surface area contributed by atoms with Crippen molar-refractivity contribution in [2.45, 2.75) is 13.3 Å². The lowest BCUT2D eigenvalue weighted by atomic mass is 10.2. The van der Waals surface area contributed by atoms with Gasteiger partial charge in [0.1, 0.15) is 0 Å². The molecule has 0 radical (unpaired) electrons. The molecule has 2 N–H and O–H groups in total. The first kappa shape index (κ1) is 11.2. The van der Waals surface area contributed by atoms with E-state index in [1.165, 1.54) is 13.0 Å². The summed E-state index contributed by atoms with van der Waals surface area (Å²) in [5.41, 5.74) is 5.63. The van der Waals surface area contributed by atoms with Gasteiger partial charge in [-0.15, -0.1) is 13.2 Å². The normalized spacial score (nSPS) is 11.5. The Morgan fingerprint density at radius 3 is 2.43 bits per heavy atom. The van der Waals surface area contributed by atoms with E-state index in [1.54, 1.807) is 6.07 Å². The molecule has 0 aliphatic rings. The molecule has 78 valence electrons. The molecule has 0 spiro atoms. The van der Waals surface area contributed by atoms with E-state index in [4.69, 9.17) is 5.73 Å². The van der Waals surface area contributed by atoms with Gasteiger partial charge < -0.3 is 10.5 Å². The van der Waals surface area contributed by atoms with Gasteiger partial charge in [0.25, 0.3) is 0 Å². The second-order valence-corrected chi connectivity index (χ2v) is 3.49. The topological polar surface area (TPSA) is 35.2 Å². The van der Waals surface area contributed by atoms with Crippen LogP contribution in [0.1, 0.15) is 5.56 Å². The third-order valence-electron chi connectivity index (χ3n) is 1.59. The first-order valence-electron chi connectivity index (χ1n) is 3.61. The Morgan fingerprint density at radius 2 is 1.93 bits per heavy atom. The monoisotopic (exact) mass is 269 g/mol. The first-order valence-corrected chi connectivity index (χ1v) is 4.41. The van der Waals surface area contributed by atoms with Crippen molar-refractivity contribution in [1.82, 2.24) is 0 Å².